The van der Waals surface area contributed by atoms with Crippen molar-refractivity contribution in [3.05, 3.63) is 35.6 Å². The van der Waals surface area contributed by atoms with E-state index >= 15 is 0 Å². The van der Waals surface area contributed by atoms with Crippen LogP contribution in [0.5, 0.6) is 0 Å². The fraction of sp³-hybridized carbons (Fsp3) is 0.538. The molecule has 4 atom stereocenters. The Hall–Kier alpha value is -0.970. The highest BCUT2D eigenvalue weighted by Crippen LogP contribution is 2.44. The van der Waals surface area contributed by atoms with Gasteiger partial charge in [-0.1, -0.05) is 18.2 Å². The fourth-order valence-electron chi connectivity index (χ4n) is 3.20. The first-order chi connectivity index (χ1) is 8.29. The van der Waals surface area contributed by atoms with E-state index in [1.807, 2.05) is 6.07 Å². The Morgan fingerprint density at radius 1 is 1.35 bits per heavy atom. The van der Waals surface area contributed by atoms with Gasteiger partial charge in [0.1, 0.15) is 5.82 Å². The minimum atomic E-state index is -0.196. The van der Waals surface area contributed by atoms with Gasteiger partial charge in [0, 0.05) is 11.5 Å². The van der Waals surface area contributed by atoms with Gasteiger partial charge in [-0.15, -0.1) is 0 Å². The number of hydrazine groups is 1. The number of hydrogen-bond donors (Lipinski definition) is 2. The maximum Gasteiger partial charge on any atom is 0.128 e. The van der Waals surface area contributed by atoms with Crippen molar-refractivity contribution >= 4 is 0 Å². The van der Waals surface area contributed by atoms with Gasteiger partial charge in [0.25, 0.3) is 0 Å². The highest BCUT2D eigenvalue weighted by Gasteiger charge is 2.44. The molecule has 0 aromatic heterocycles. The lowest BCUT2D eigenvalue weighted by Gasteiger charge is -2.28. The molecule has 3 nitrogen and oxygen atoms in total. The van der Waals surface area contributed by atoms with Crippen molar-refractivity contribution in [2.75, 3.05) is 0 Å². The van der Waals surface area contributed by atoms with Crippen molar-refractivity contribution in [2.45, 2.75) is 37.5 Å². The molecule has 3 N–H and O–H groups in total. The molecule has 4 heteroatoms. The minimum Gasteiger partial charge on any atom is -0.375 e. The Kier molecular flexibility index (Phi) is 2.86. The third kappa shape index (κ3) is 1.86. The van der Waals surface area contributed by atoms with Crippen LogP contribution < -0.4 is 11.3 Å². The van der Waals surface area contributed by atoms with Crippen molar-refractivity contribution in [1.82, 2.24) is 5.43 Å². The van der Waals surface area contributed by atoms with Crippen LogP contribution >= 0.6 is 0 Å². The molecule has 2 saturated heterocycles. The second-order valence-electron chi connectivity index (χ2n) is 4.94. The van der Waals surface area contributed by atoms with Gasteiger partial charge < -0.3 is 4.74 Å². The zero-order valence-electron chi connectivity index (χ0n) is 9.60. The molecule has 1 aromatic rings. The van der Waals surface area contributed by atoms with Gasteiger partial charge in [-0.2, -0.15) is 0 Å². The van der Waals surface area contributed by atoms with E-state index in [0.29, 0.717) is 11.7 Å². The Morgan fingerprint density at radius 2 is 2.18 bits per heavy atom. The summed E-state index contributed by atoms with van der Waals surface area (Å²) in [7, 11) is 0. The normalized spacial score (nSPS) is 32.9. The summed E-state index contributed by atoms with van der Waals surface area (Å²) >= 11 is 0. The standard InChI is InChI=1S/C13H17FN2O/c14-11-4-2-1-3-9(11)13(16-15)10-7-8-5-6-12(10)17-8/h1-4,8,10,12-13,16H,5-7,15H2. The maximum atomic E-state index is 13.8. The molecule has 0 saturated carbocycles. The minimum absolute atomic E-state index is 0.147. The zero-order chi connectivity index (χ0) is 11.8. The zero-order valence-corrected chi connectivity index (χ0v) is 9.60. The quantitative estimate of drug-likeness (QED) is 0.622. The second kappa shape index (κ2) is 4.37. The monoisotopic (exact) mass is 236 g/mol. The van der Waals surface area contributed by atoms with Crippen molar-refractivity contribution in [3.63, 3.8) is 0 Å². The van der Waals surface area contributed by atoms with Crippen LogP contribution in [0.4, 0.5) is 4.39 Å². The molecular formula is C13H17FN2O. The van der Waals surface area contributed by atoms with Crippen LogP contribution in [-0.4, -0.2) is 12.2 Å². The van der Waals surface area contributed by atoms with Gasteiger partial charge >= 0.3 is 0 Å². The van der Waals surface area contributed by atoms with E-state index < -0.39 is 0 Å². The van der Waals surface area contributed by atoms with E-state index in [1.165, 1.54) is 6.07 Å². The molecule has 92 valence electrons. The molecular weight excluding hydrogens is 219 g/mol. The van der Waals surface area contributed by atoms with Crippen molar-refractivity contribution in [3.8, 4) is 0 Å². The lowest BCUT2D eigenvalue weighted by atomic mass is 9.81. The summed E-state index contributed by atoms with van der Waals surface area (Å²) in [4.78, 5) is 0. The van der Waals surface area contributed by atoms with E-state index in [-0.39, 0.29) is 23.9 Å². The smallest absolute Gasteiger partial charge is 0.128 e. The summed E-state index contributed by atoms with van der Waals surface area (Å²) < 4.78 is 19.6. The summed E-state index contributed by atoms with van der Waals surface area (Å²) in [6.07, 6.45) is 3.78. The summed E-state index contributed by atoms with van der Waals surface area (Å²) in [6.45, 7) is 0. The van der Waals surface area contributed by atoms with Crippen LogP contribution in [0.1, 0.15) is 30.9 Å². The molecule has 2 aliphatic rings. The first kappa shape index (κ1) is 11.1. The lowest BCUT2D eigenvalue weighted by Crippen LogP contribution is -2.38. The number of rotatable bonds is 3. The van der Waals surface area contributed by atoms with Crippen LogP contribution in [0, 0.1) is 11.7 Å². The summed E-state index contributed by atoms with van der Waals surface area (Å²) in [6, 6.07) is 6.67. The molecule has 0 aliphatic carbocycles. The highest BCUT2D eigenvalue weighted by atomic mass is 19.1. The number of halogens is 1. The van der Waals surface area contributed by atoms with Gasteiger partial charge in [0.05, 0.1) is 18.2 Å². The third-order valence-electron chi connectivity index (χ3n) is 4.00. The molecule has 17 heavy (non-hydrogen) atoms. The SMILES string of the molecule is NNC(c1ccccc1F)C1CC2CCC1O2. The van der Waals surface area contributed by atoms with Crippen LogP contribution in [0.15, 0.2) is 24.3 Å². The Bertz CT molecular complexity index is 412. The predicted octanol–water partition coefficient (Wildman–Crippen LogP) is 1.90. The number of nitrogens with two attached hydrogens (primary N) is 1. The molecule has 2 heterocycles. The molecule has 2 fully saturated rings. The van der Waals surface area contributed by atoms with E-state index in [2.05, 4.69) is 5.43 Å². The van der Waals surface area contributed by atoms with Crippen molar-refractivity contribution in [1.29, 1.82) is 0 Å². The number of ether oxygens (including phenoxy) is 1. The molecule has 0 radical (unpaired) electrons. The first-order valence-electron chi connectivity index (χ1n) is 6.15. The summed E-state index contributed by atoms with van der Waals surface area (Å²) in [5.74, 6) is 5.70. The topological polar surface area (TPSA) is 47.3 Å². The molecule has 4 unspecified atom stereocenters. The summed E-state index contributed by atoms with van der Waals surface area (Å²) in [5.41, 5.74) is 3.42. The first-order valence-corrected chi connectivity index (χ1v) is 6.15. The average Bonchev–Trinajstić information content (AvgIpc) is 2.95. The Balaban J connectivity index is 1.87. The third-order valence-corrected chi connectivity index (χ3v) is 4.00. The van der Waals surface area contributed by atoms with Gasteiger partial charge in [-0.25, -0.2) is 4.39 Å². The van der Waals surface area contributed by atoms with Gasteiger partial charge in [-0.05, 0) is 25.3 Å². The number of nitrogens with one attached hydrogen (secondary N) is 1. The van der Waals surface area contributed by atoms with Crippen LogP contribution in [-0.2, 0) is 4.74 Å². The highest BCUT2D eigenvalue weighted by molar-refractivity contribution is 5.23. The molecule has 2 bridgehead atoms. The molecule has 3 rings (SSSR count). The largest absolute Gasteiger partial charge is 0.375 e. The molecule has 1 aromatic carbocycles. The number of benzene rings is 1. The van der Waals surface area contributed by atoms with E-state index in [9.17, 15) is 4.39 Å². The van der Waals surface area contributed by atoms with Gasteiger partial charge in [-0.3, -0.25) is 11.3 Å². The Labute approximate surface area is 100 Å². The van der Waals surface area contributed by atoms with Gasteiger partial charge in [0.15, 0.2) is 0 Å². The second-order valence-corrected chi connectivity index (χ2v) is 4.94. The Morgan fingerprint density at radius 3 is 2.76 bits per heavy atom. The van der Waals surface area contributed by atoms with Crippen LogP contribution in [0.3, 0.4) is 0 Å². The van der Waals surface area contributed by atoms with Crippen molar-refractivity contribution in [2.24, 2.45) is 11.8 Å². The predicted molar refractivity (Wildman–Crippen MR) is 62.5 cm³/mol. The maximum absolute atomic E-state index is 13.8. The van der Waals surface area contributed by atoms with E-state index in [1.54, 1.807) is 12.1 Å². The fourth-order valence-corrected chi connectivity index (χ4v) is 3.20. The average molecular weight is 236 g/mol. The lowest BCUT2D eigenvalue weighted by molar-refractivity contribution is 0.0854. The van der Waals surface area contributed by atoms with E-state index in [0.717, 1.165) is 19.3 Å². The summed E-state index contributed by atoms with van der Waals surface area (Å²) in [5, 5.41) is 0. The molecule has 0 spiro atoms. The van der Waals surface area contributed by atoms with Crippen LogP contribution in [0.2, 0.25) is 0 Å². The van der Waals surface area contributed by atoms with Gasteiger partial charge in [0.2, 0.25) is 0 Å². The van der Waals surface area contributed by atoms with Crippen molar-refractivity contribution < 1.29 is 9.13 Å². The molecule has 0 amide bonds. The molecule has 2 aliphatic heterocycles. The number of hydrogen-bond acceptors (Lipinski definition) is 3. The van der Waals surface area contributed by atoms with E-state index in [4.69, 9.17) is 10.6 Å². The van der Waals surface area contributed by atoms with Crippen LogP contribution in [0.25, 0.3) is 0 Å². The number of fused-ring (bicyclic) bond motifs is 2.